The maximum atomic E-state index is 12.1. The Kier molecular flexibility index (Phi) is 5.65. The molecule has 0 aliphatic carbocycles. The van der Waals surface area contributed by atoms with Crippen LogP contribution in [0.3, 0.4) is 0 Å². The smallest absolute Gasteiger partial charge is 0.265 e. The zero-order chi connectivity index (χ0) is 18.4. The van der Waals surface area contributed by atoms with Gasteiger partial charge in [-0.25, -0.2) is 0 Å². The summed E-state index contributed by atoms with van der Waals surface area (Å²) in [5.74, 6) is 0.184. The second kappa shape index (κ2) is 8.30. The van der Waals surface area contributed by atoms with Crippen LogP contribution in [0.1, 0.15) is 6.42 Å². The van der Waals surface area contributed by atoms with Crippen molar-refractivity contribution in [3.05, 3.63) is 54.6 Å². The number of hydrogen-bond acceptors (Lipinski definition) is 4. The fourth-order valence-corrected chi connectivity index (χ4v) is 2.65. The second-order valence-corrected chi connectivity index (χ2v) is 5.95. The molecule has 1 heterocycles. The van der Waals surface area contributed by atoms with Gasteiger partial charge in [0.05, 0.1) is 5.69 Å². The molecule has 3 N–H and O–H groups in total. The number of anilines is 2. The van der Waals surface area contributed by atoms with Gasteiger partial charge in [-0.3, -0.25) is 20.4 Å². The van der Waals surface area contributed by atoms with Gasteiger partial charge in [0.15, 0.2) is 11.7 Å². The van der Waals surface area contributed by atoms with Gasteiger partial charge in [-0.1, -0.05) is 30.3 Å². The van der Waals surface area contributed by atoms with Crippen LogP contribution >= 0.6 is 12.2 Å². The first kappa shape index (κ1) is 17.7. The van der Waals surface area contributed by atoms with E-state index in [9.17, 15) is 9.59 Å². The summed E-state index contributed by atoms with van der Waals surface area (Å²) < 4.78 is 5.38. The number of nitrogens with zero attached hydrogens (tertiary/aromatic N) is 1. The lowest BCUT2D eigenvalue weighted by Crippen LogP contribution is -2.46. The van der Waals surface area contributed by atoms with Gasteiger partial charge in [-0.05, 0) is 36.5 Å². The molecule has 1 aliphatic heterocycles. The Hall–Kier alpha value is -3.13. The molecule has 26 heavy (non-hydrogen) atoms. The van der Waals surface area contributed by atoms with Crippen LogP contribution in [-0.4, -0.2) is 30.1 Å². The predicted octanol–water partition coefficient (Wildman–Crippen LogP) is 1.82. The van der Waals surface area contributed by atoms with Crippen LogP contribution in [0.2, 0.25) is 0 Å². The molecular formula is C18H18N4O3S. The number of fused-ring (bicyclic) bond motifs is 1. The Morgan fingerprint density at radius 2 is 1.81 bits per heavy atom. The first-order valence-electron chi connectivity index (χ1n) is 8.06. The van der Waals surface area contributed by atoms with Crippen molar-refractivity contribution in [3.63, 3.8) is 0 Å². The Morgan fingerprint density at radius 3 is 2.62 bits per heavy atom. The van der Waals surface area contributed by atoms with Crippen molar-refractivity contribution in [1.29, 1.82) is 0 Å². The van der Waals surface area contributed by atoms with E-state index in [2.05, 4.69) is 16.2 Å². The Labute approximate surface area is 156 Å². The fourth-order valence-electron chi connectivity index (χ4n) is 2.49. The van der Waals surface area contributed by atoms with Crippen LogP contribution in [0.15, 0.2) is 54.6 Å². The first-order chi connectivity index (χ1) is 12.6. The van der Waals surface area contributed by atoms with E-state index in [1.165, 1.54) is 0 Å². The summed E-state index contributed by atoms with van der Waals surface area (Å²) in [6.07, 6.45) is 0.126. The first-order valence-corrected chi connectivity index (χ1v) is 8.47. The van der Waals surface area contributed by atoms with Gasteiger partial charge in [0.2, 0.25) is 5.91 Å². The van der Waals surface area contributed by atoms with Gasteiger partial charge < -0.3 is 15.0 Å². The van der Waals surface area contributed by atoms with Crippen molar-refractivity contribution in [2.75, 3.05) is 23.4 Å². The molecule has 0 unspecified atom stereocenters. The van der Waals surface area contributed by atoms with E-state index < -0.39 is 0 Å². The molecular weight excluding hydrogens is 352 g/mol. The monoisotopic (exact) mass is 370 g/mol. The Balaban J connectivity index is 1.47. The number of carbonyl (C=O) groups is 2. The molecule has 7 nitrogen and oxygen atoms in total. The van der Waals surface area contributed by atoms with Crippen molar-refractivity contribution < 1.29 is 14.3 Å². The Morgan fingerprint density at radius 1 is 1.08 bits per heavy atom. The highest BCUT2D eigenvalue weighted by molar-refractivity contribution is 7.80. The lowest BCUT2D eigenvalue weighted by atomic mass is 10.2. The van der Waals surface area contributed by atoms with Crippen molar-refractivity contribution in [2.24, 2.45) is 0 Å². The number of hydrazine groups is 1. The van der Waals surface area contributed by atoms with Gasteiger partial charge in [-0.15, -0.1) is 0 Å². The van der Waals surface area contributed by atoms with E-state index in [0.717, 1.165) is 5.69 Å². The molecule has 0 spiro atoms. The minimum atomic E-state index is -0.279. The third kappa shape index (κ3) is 4.48. The maximum Gasteiger partial charge on any atom is 0.265 e. The lowest BCUT2D eigenvalue weighted by molar-refractivity contribution is -0.122. The summed E-state index contributed by atoms with van der Waals surface area (Å²) in [7, 11) is 0. The molecule has 2 aromatic rings. The number of amides is 2. The third-order valence-electron chi connectivity index (χ3n) is 3.72. The van der Waals surface area contributed by atoms with Crippen molar-refractivity contribution in [3.8, 4) is 5.75 Å². The van der Waals surface area contributed by atoms with Gasteiger partial charge in [0, 0.05) is 18.7 Å². The molecule has 0 atom stereocenters. The standard InChI is InChI=1S/C18H18N4O3S/c23-16(20-21-18(26)19-13-6-2-1-3-7-13)10-11-22-14-8-4-5-9-15(14)25-12-17(22)24/h1-9H,10-12H2,(H,20,23)(H2,19,21,26). The number of ether oxygens (including phenoxy) is 1. The number of rotatable bonds is 4. The van der Waals surface area contributed by atoms with Crippen molar-refractivity contribution in [1.82, 2.24) is 10.9 Å². The molecule has 8 heteroatoms. The summed E-state index contributed by atoms with van der Waals surface area (Å²) >= 11 is 5.12. The SMILES string of the molecule is O=C(CCN1C(=O)COc2ccccc21)NNC(=S)Nc1ccccc1. The average Bonchev–Trinajstić information content (AvgIpc) is 2.66. The number of thiocarbonyl (C=S) groups is 1. The van der Waals surface area contributed by atoms with E-state index in [4.69, 9.17) is 17.0 Å². The van der Waals surface area contributed by atoms with E-state index in [1.54, 1.807) is 17.0 Å². The zero-order valence-corrected chi connectivity index (χ0v) is 14.7. The van der Waals surface area contributed by atoms with Crippen LogP contribution in [0.4, 0.5) is 11.4 Å². The number of nitrogens with one attached hydrogen (secondary N) is 3. The highest BCUT2D eigenvalue weighted by Gasteiger charge is 2.25. The largest absolute Gasteiger partial charge is 0.482 e. The second-order valence-electron chi connectivity index (χ2n) is 5.55. The average molecular weight is 370 g/mol. The van der Waals surface area contributed by atoms with Gasteiger partial charge in [-0.2, -0.15) is 0 Å². The summed E-state index contributed by atoms with van der Waals surface area (Å²) in [6, 6.07) is 16.6. The summed E-state index contributed by atoms with van der Waals surface area (Å²) in [5.41, 5.74) is 6.65. The summed E-state index contributed by atoms with van der Waals surface area (Å²) in [6.45, 7) is 0.230. The highest BCUT2D eigenvalue weighted by atomic mass is 32.1. The molecule has 2 aromatic carbocycles. The molecule has 3 rings (SSSR count). The lowest BCUT2D eigenvalue weighted by Gasteiger charge is -2.29. The number of para-hydroxylation sites is 3. The quantitative estimate of drug-likeness (QED) is 0.563. The fraction of sp³-hybridized carbons (Fsp3) is 0.167. The number of benzene rings is 2. The van der Waals surface area contributed by atoms with Crippen molar-refractivity contribution >= 4 is 40.5 Å². The maximum absolute atomic E-state index is 12.1. The molecule has 0 aromatic heterocycles. The number of carbonyl (C=O) groups excluding carboxylic acids is 2. The van der Waals surface area contributed by atoms with Crippen LogP contribution in [0, 0.1) is 0 Å². The zero-order valence-electron chi connectivity index (χ0n) is 13.9. The normalized spacial score (nSPS) is 12.6. The number of hydrogen-bond donors (Lipinski definition) is 3. The highest BCUT2D eigenvalue weighted by Crippen LogP contribution is 2.31. The van der Waals surface area contributed by atoms with Gasteiger partial charge in [0.1, 0.15) is 5.75 Å². The topological polar surface area (TPSA) is 82.7 Å². The van der Waals surface area contributed by atoms with E-state index in [1.807, 2.05) is 42.5 Å². The molecule has 0 fully saturated rings. The van der Waals surface area contributed by atoms with Crippen molar-refractivity contribution in [2.45, 2.75) is 6.42 Å². The predicted molar refractivity (Wildman–Crippen MR) is 103 cm³/mol. The minimum absolute atomic E-state index is 0.0258. The Bertz CT molecular complexity index is 813. The van der Waals surface area contributed by atoms with E-state index in [0.29, 0.717) is 11.4 Å². The molecule has 0 saturated heterocycles. The molecule has 0 bridgehead atoms. The molecule has 0 radical (unpaired) electrons. The van der Waals surface area contributed by atoms with Gasteiger partial charge >= 0.3 is 0 Å². The van der Waals surface area contributed by atoms with Crippen LogP contribution in [-0.2, 0) is 9.59 Å². The molecule has 1 aliphatic rings. The molecule has 134 valence electrons. The summed E-state index contributed by atoms with van der Waals surface area (Å²) in [5, 5.41) is 3.22. The third-order valence-corrected chi connectivity index (χ3v) is 3.92. The summed E-state index contributed by atoms with van der Waals surface area (Å²) in [4.78, 5) is 25.6. The van der Waals surface area contributed by atoms with E-state index in [-0.39, 0.29) is 36.5 Å². The molecule has 0 saturated carbocycles. The van der Waals surface area contributed by atoms with Crippen LogP contribution in [0.5, 0.6) is 5.75 Å². The van der Waals surface area contributed by atoms with Crippen LogP contribution < -0.4 is 25.8 Å². The minimum Gasteiger partial charge on any atom is -0.482 e. The van der Waals surface area contributed by atoms with Gasteiger partial charge in [0.25, 0.3) is 5.91 Å². The molecule has 2 amide bonds. The van der Waals surface area contributed by atoms with E-state index >= 15 is 0 Å². The van der Waals surface area contributed by atoms with Crippen LogP contribution in [0.25, 0.3) is 0 Å².